The Balaban J connectivity index is 0.992. The number of fused-ring (bicyclic) bond motifs is 2. The molecule has 2 aliphatic rings. The topological polar surface area (TPSA) is 124 Å². The molecule has 2 aromatic heterocycles. The number of halogens is 1. The lowest BCUT2D eigenvalue weighted by atomic mass is 9.82. The fourth-order valence-electron chi connectivity index (χ4n) is 5.69. The molecule has 0 spiro atoms. The van der Waals surface area contributed by atoms with Crippen LogP contribution in [0.1, 0.15) is 24.0 Å². The summed E-state index contributed by atoms with van der Waals surface area (Å²) in [4.78, 5) is 23.3. The zero-order valence-electron chi connectivity index (χ0n) is 25.4. The normalized spacial score (nSPS) is 17.1. The van der Waals surface area contributed by atoms with Crippen LogP contribution in [0.4, 0.5) is 9.18 Å². The molecule has 1 saturated carbocycles. The van der Waals surface area contributed by atoms with Crippen molar-refractivity contribution < 1.29 is 28.2 Å². The van der Waals surface area contributed by atoms with E-state index in [0.717, 1.165) is 40.9 Å². The summed E-state index contributed by atoms with van der Waals surface area (Å²) in [5, 5.41) is 21.1. The molecule has 2 amide bonds. The lowest BCUT2D eigenvalue weighted by molar-refractivity contribution is -0.117. The summed E-state index contributed by atoms with van der Waals surface area (Å²) in [5.74, 6) is 0.0232. The lowest BCUT2D eigenvalue weighted by Gasteiger charge is -2.34. The number of nitrogens with one attached hydrogen (secondary N) is 3. The number of carbonyl (C=O) groups is 2. The average molecular weight is 646 g/mol. The zero-order valence-corrected chi connectivity index (χ0v) is 26.2. The van der Waals surface area contributed by atoms with Gasteiger partial charge < -0.3 is 30.2 Å². The largest absolute Gasteiger partial charge is 0.490 e. The van der Waals surface area contributed by atoms with Crippen LogP contribution in [0, 0.1) is 11.7 Å². The Hall–Kier alpha value is -4.39. The molecule has 2 aromatic carbocycles. The Morgan fingerprint density at radius 3 is 2.78 bits per heavy atom. The molecular weight excluding hydrogens is 609 g/mol. The maximum atomic E-state index is 14.3. The fourth-order valence-corrected chi connectivity index (χ4v) is 6.58. The van der Waals surface area contributed by atoms with Gasteiger partial charge in [-0.05, 0) is 78.6 Å². The van der Waals surface area contributed by atoms with E-state index in [0.29, 0.717) is 42.3 Å². The summed E-state index contributed by atoms with van der Waals surface area (Å²) < 4.78 is 32.2. The molecule has 4 aromatic rings. The highest BCUT2D eigenvalue weighted by molar-refractivity contribution is 7.17. The molecule has 1 aliphatic carbocycles. The molecule has 240 valence electrons. The van der Waals surface area contributed by atoms with E-state index >= 15 is 0 Å². The first-order chi connectivity index (χ1) is 22.5. The molecule has 0 atom stereocenters. The Kier molecular flexibility index (Phi) is 10.2. The Morgan fingerprint density at radius 2 is 1.91 bits per heavy atom. The number of nitrogens with zero attached hydrogens (tertiary/aromatic N) is 2. The van der Waals surface area contributed by atoms with Gasteiger partial charge in [-0.2, -0.15) is 0 Å². The van der Waals surface area contributed by atoms with Crippen molar-refractivity contribution in [2.45, 2.75) is 31.9 Å². The van der Waals surface area contributed by atoms with Gasteiger partial charge in [0.1, 0.15) is 35.7 Å². The number of alkyl carbamates (subject to hydrolysis) is 1. The van der Waals surface area contributed by atoms with E-state index in [1.165, 1.54) is 29.3 Å². The molecule has 0 bridgehead atoms. The van der Waals surface area contributed by atoms with Crippen LogP contribution in [0.15, 0.2) is 60.5 Å². The van der Waals surface area contributed by atoms with E-state index in [1.54, 1.807) is 17.4 Å². The Labute approximate surface area is 270 Å². The molecule has 3 N–H and O–H groups in total. The predicted octanol–water partition coefficient (Wildman–Crippen LogP) is 5.01. The van der Waals surface area contributed by atoms with E-state index < -0.39 is 11.9 Å². The highest BCUT2D eigenvalue weighted by atomic mass is 32.1. The van der Waals surface area contributed by atoms with Crippen LogP contribution in [-0.4, -0.2) is 67.8 Å². The SMILES string of the molecule is C=CC(=O)NCC1CC(OC(=O)NCCOCCOc2cc(F)ccc2-c2nnc(-c3ccc4c(c3)CCNC4)c3ccsc23)C1. The zero-order chi connectivity index (χ0) is 31.9. The summed E-state index contributed by atoms with van der Waals surface area (Å²) in [6, 6.07) is 12.9. The number of amides is 2. The van der Waals surface area contributed by atoms with E-state index in [2.05, 4.69) is 50.9 Å². The van der Waals surface area contributed by atoms with Crippen LogP contribution >= 0.6 is 11.3 Å². The van der Waals surface area contributed by atoms with Gasteiger partial charge in [-0.25, -0.2) is 9.18 Å². The minimum absolute atomic E-state index is 0.155. The van der Waals surface area contributed by atoms with Crippen molar-refractivity contribution in [1.82, 2.24) is 26.1 Å². The maximum absolute atomic E-state index is 14.3. The van der Waals surface area contributed by atoms with Gasteiger partial charge in [0.25, 0.3) is 0 Å². The van der Waals surface area contributed by atoms with Crippen molar-refractivity contribution >= 4 is 33.4 Å². The highest BCUT2D eigenvalue weighted by Gasteiger charge is 2.32. The summed E-state index contributed by atoms with van der Waals surface area (Å²) in [6.45, 7) is 6.75. The highest BCUT2D eigenvalue weighted by Crippen LogP contribution is 2.39. The third-order valence-electron chi connectivity index (χ3n) is 8.17. The van der Waals surface area contributed by atoms with Crippen molar-refractivity contribution in [3.8, 4) is 28.3 Å². The second-order valence-electron chi connectivity index (χ2n) is 11.3. The molecular formula is C34H36FN5O5S. The van der Waals surface area contributed by atoms with E-state index in [-0.39, 0.29) is 38.4 Å². The Morgan fingerprint density at radius 1 is 1.04 bits per heavy atom. The lowest BCUT2D eigenvalue weighted by Crippen LogP contribution is -2.42. The third-order valence-corrected chi connectivity index (χ3v) is 9.09. The number of rotatable bonds is 13. The van der Waals surface area contributed by atoms with Gasteiger partial charge in [0.15, 0.2) is 0 Å². The monoisotopic (exact) mass is 645 g/mol. The van der Waals surface area contributed by atoms with Crippen molar-refractivity contribution in [3.05, 3.63) is 77.4 Å². The first-order valence-corrected chi connectivity index (χ1v) is 16.3. The molecule has 6 rings (SSSR count). The van der Waals surface area contributed by atoms with Crippen molar-refractivity contribution in [1.29, 1.82) is 0 Å². The van der Waals surface area contributed by atoms with Gasteiger partial charge in [0.2, 0.25) is 5.91 Å². The Bertz CT molecular complexity index is 1720. The smallest absolute Gasteiger partial charge is 0.407 e. The number of hydrogen-bond donors (Lipinski definition) is 3. The molecule has 0 radical (unpaired) electrons. The van der Waals surface area contributed by atoms with Gasteiger partial charge in [-0.15, -0.1) is 21.5 Å². The second kappa shape index (κ2) is 14.8. The molecule has 1 aliphatic heterocycles. The van der Waals surface area contributed by atoms with Gasteiger partial charge in [-0.3, -0.25) is 4.79 Å². The summed E-state index contributed by atoms with van der Waals surface area (Å²) in [6.07, 6.45) is 2.98. The van der Waals surface area contributed by atoms with Crippen LogP contribution in [0.5, 0.6) is 5.75 Å². The molecule has 10 nitrogen and oxygen atoms in total. The third kappa shape index (κ3) is 7.52. The van der Waals surface area contributed by atoms with Gasteiger partial charge in [0, 0.05) is 42.2 Å². The van der Waals surface area contributed by atoms with Crippen LogP contribution in [0.3, 0.4) is 0 Å². The predicted molar refractivity (Wildman–Crippen MR) is 174 cm³/mol. The van der Waals surface area contributed by atoms with Crippen LogP contribution < -0.4 is 20.7 Å². The summed E-state index contributed by atoms with van der Waals surface area (Å²) >= 11 is 1.56. The van der Waals surface area contributed by atoms with E-state index in [9.17, 15) is 14.0 Å². The fraction of sp³-hybridized carbons (Fsp3) is 0.353. The second-order valence-corrected chi connectivity index (χ2v) is 12.2. The van der Waals surface area contributed by atoms with Crippen LogP contribution in [-0.2, 0) is 27.2 Å². The number of ether oxygens (including phenoxy) is 3. The molecule has 0 saturated heterocycles. The first kappa shape index (κ1) is 31.6. The number of hydrogen-bond acceptors (Lipinski definition) is 9. The molecule has 3 heterocycles. The quantitative estimate of drug-likeness (QED) is 0.137. The standard InChI is InChI=1S/C34H36FN5O5S/c1-2-30(41)38-19-21-15-26(16-21)45-34(42)37-10-11-43-12-13-44-29-18-25(35)5-6-27(29)32-33-28(8-14-46-33)31(39-40-32)23-3-4-24-20-36-9-7-22(24)17-23/h2-6,8,14,17-18,21,26,36H,1,7,9-13,15-16,19-20H2,(H,37,42)(H,38,41). The van der Waals surface area contributed by atoms with Crippen molar-refractivity contribution in [3.63, 3.8) is 0 Å². The molecule has 0 unspecified atom stereocenters. The van der Waals surface area contributed by atoms with Crippen molar-refractivity contribution in [2.75, 3.05) is 39.5 Å². The van der Waals surface area contributed by atoms with Gasteiger partial charge in [0.05, 0.1) is 17.9 Å². The number of benzene rings is 2. The van der Waals surface area contributed by atoms with Crippen molar-refractivity contribution in [2.24, 2.45) is 5.92 Å². The first-order valence-electron chi connectivity index (χ1n) is 15.4. The minimum Gasteiger partial charge on any atom is -0.490 e. The van der Waals surface area contributed by atoms with Gasteiger partial charge in [-0.1, -0.05) is 18.7 Å². The van der Waals surface area contributed by atoms with Crippen LogP contribution in [0.2, 0.25) is 0 Å². The van der Waals surface area contributed by atoms with E-state index in [1.807, 2.05) is 11.4 Å². The maximum Gasteiger partial charge on any atom is 0.407 e. The minimum atomic E-state index is -0.501. The summed E-state index contributed by atoms with van der Waals surface area (Å²) in [7, 11) is 0. The molecule has 1 fully saturated rings. The summed E-state index contributed by atoms with van der Waals surface area (Å²) in [5.41, 5.74) is 5.77. The van der Waals surface area contributed by atoms with Gasteiger partial charge >= 0.3 is 6.09 Å². The number of aromatic nitrogens is 2. The molecule has 12 heteroatoms. The number of thiophene rings is 1. The van der Waals surface area contributed by atoms with E-state index in [4.69, 9.17) is 14.2 Å². The average Bonchev–Trinajstić information content (AvgIpc) is 3.55. The van der Waals surface area contributed by atoms with Crippen LogP contribution in [0.25, 0.3) is 32.6 Å². The number of carbonyl (C=O) groups excluding carboxylic acids is 2. The molecule has 46 heavy (non-hydrogen) atoms.